The molecule has 0 fully saturated rings. The van der Waals surface area contributed by atoms with Crippen LogP contribution in [0.25, 0.3) is 10.7 Å². The third-order valence-electron chi connectivity index (χ3n) is 2.28. The molecule has 0 aliphatic heterocycles. The molecule has 0 bridgehead atoms. The molecular formula is C12H12Br2N2S. The van der Waals surface area contributed by atoms with Gasteiger partial charge >= 0.3 is 0 Å². The molecular weight excluding hydrogens is 364 g/mol. The van der Waals surface area contributed by atoms with Crippen LogP contribution >= 0.6 is 43.2 Å². The molecule has 0 atom stereocenters. The van der Waals surface area contributed by atoms with Gasteiger partial charge in [0.1, 0.15) is 10.7 Å². The van der Waals surface area contributed by atoms with E-state index < -0.39 is 0 Å². The van der Waals surface area contributed by atoms with E-state index >= 15 is 0 Å². The first-order valence-corrected chi connectivity index (χ1v) is 7.62. The second kappa shape index (κ2) is 4.78. The van der Waals surface area contributed by atoms with Gasteiger partial charge in [-0.1, -0.05) is 20.8 Å². The highest BCUT2D eigenvalue weighted by atomic mass is 79.9. The van der Waals surface area contributed by atoms with Gasteiger partial charge in [-0.3, -0.25) is 4.98 Å². The number of nitrogens with zero attached hydrogens (tertiary/aromatic N) is 2. The summed E-state index contributed by atoms with van der Waals surface area (Å²) in [6.07, 6.45) is 1.79. The van der Waals surface area contributed by atoms with E-state index in [9.17, 15) is 0 Å². The maximum absolute atomic E-state index is 4.65. The molecule has 0 radical (unpaired) electrons. The molecule has 2 rings (SSSR count). The Labute approximate surface area is 122 Å². The largest absolute Gasteiger partial charge is 0.251 e. The fraction of sp³-hybridized carbons (Fsp3) is 0.333. The normalized spacial score (nSPS) is 11.8. The second-order valence-corrected chi connectivity index (χ2v) is 7.40. The van der Waals surface area contributed by atoms with Crippen molar-refractivity contribution < 1.29 is 0 Å². The molecule has 5 heteroatoms. The van der Waals surface area contributed by atoms with Gasteiger partial charge in [-0.05, 0) is 37.9 Å². The molecule has 0 N–H and O–H groups in total. The first kappa shape index (κ1) is 13.2. The molecule has 2 aromatic rings. The summed E-state index contributed by atoms with van der Waals surface area (Å²) in [5.74, 6) is 0. The first-order chi connectivity index (χ1) is 7.88. The van der Waals surface area contributed by atoms with Crippen LogP contribution in [0.15, 0.2) is 26.6 Å². The van der Waals surface area contributed by atoms with Crippen LogP contribution < -0.4 is 0 Å². The number of pyridine rings is 1. The molecule has 2 nitrogen and oxygen atoms in total. The lowest BCUT2D eigenvalue weighted by atomic mass is 9.93. The van der Waals surface area contributed by atoms with Gasteiger partial charge in [0.2, 0.25) is 0 Å². The lowest BCUT2D eigenvalue weighted by Crippen LogP contribution is -2.11. The predicted octanol–water partition coefficient (Wildman–Crippen LogP) is 5.03. The SMILES string of the molecule is CC(C)(C)c1csc(-c2ncc(Br)cc2Br)n1. The van der Waals surface area contributed by atoms with Crippen molar-refractivity contribution in [1.29, 1.82) is 0 Å². The van der Waals surface area contributed by atoms with E-state index in [0.717, 1.165) is 25.3 Å². The number of hydrogen-bond donors (Lipinski definition) is 0. The Morgan fingerprint density at radius 1 is 1.24 bits per heavy atom. The average molecular weight is 376 g/mol. The highest BCUT2D eigenvalue weighted by molar-refractivity contribution is 9.11. The topological polar surface area (TPSA) is 25.8 Å². The van der Waals surface area contributed by atoms with E-state index in [1.807, 2.05) is 6.07 Å². The summed E-state index contributed by atoms with van der Waals surface area (Å²) in [6.45, 7) is 6.49. The molecule has 2 aromatic heterocycles. The van der Waals surface area contributed by atoms with E-state index in [1.165, 1.54) is 0 Å². The third-order valence-corrected chi connectivity index (χ3v) is 4.17. The fourth-order valence-corrected chi connectivity index (χ4v) is 3.66. The fourth-order valence-electron chi connectivity index (χ4n) is 1.30. The van der Waals surface area contributed by atoms with E-state index in [2.05, 4.69) is 68.0 Å². The van der Waals surface area contributed by atoms with Gasteiger partial charge < -0.3 is 0 Å². The molecule has 90 valence electrons. The number of halogens is 2. The van der Waals surface area contributed by atoms with Crippen LogP contribution in [-0.2, 0) is 5.41 Å². The van der Waals surface area contributed by atoms with Gasteiger partial charge in [0, 0.05) is 25.9 Å². The minimum Gasteiger partial charge on any atom is -0.251 e. The van der Waals surface area contributed by atoms with Crippen LogP contribution in [0.4, 0.5) is 0 Å². The molecule has 0 spiro atoms. The van der Waals surface area contributed by atoms with Gasteiger partial charge in [-0.15, -0.1) is 11.3 Å². The minimum atomic E-state index is 0.0800. The van der Waals surface area contributed by atoms with Crippen LogP contribution in [0.2, 0.25) is 0 Å². The zero-order valence-corrected chi connectivity index (χ0v) is 13.8. The van der Waals surface area contributed by atoms with Crippen molar-refractivity contribution in [3.8, 4) is 10.7 Å². The van der Waals surface area contributed by atoms with Crippen LogP contribution in [0.5, 0.6) is 0 Å². The number of hydrogen-bond acceptors (Lipinski definition) is 3. The Bertz CT molecular complexity index is 544. The van der Waals surface area contributed by atoms with Crippen molar-refractivity contribution in [2.75, 3.05) is 0 Å². The van der Waals surface area contributed by atoms with E-state index in [0.29, 0.717) is 0 Å². The van der Waals surface area contributed by atoms with Gasteiger partial charge in [-0.25, -0.2) is 4.98 Å². The molecule has 0 saturated heterocycles. The summed E-state index contributed by atoms with van der Waals surface area (Å²) in [5, 5.41) is 3.06. The highest BCUT2D eigenvalue weighted by Crippen LogP contribution is 2.33. The van der Waals surface area contributed by atoms with E-state index in [1.54, 1.807) is 17.5 Å². The van der Waals surface area contributed by atoms with Crippen LogP contribution in [0.3, 0.4) is 0 Å². The molecule has 0 aromatic carbocycles. The monoisotopic (exact) mass is 374 g/mol. The summed E-state index contributed by atoms with van der Waals surface area (Å²) in [4.78, 5) is 9.05. The maximum atomic E-state index is 4.65. The lowest BCUT2D eigenvalue weighted by Gasteiger charge is -2.14. The number of rotatable bonds is 1. The van der Waals surface area contributed by atoms with Gasteiger partial charge in [0.15, 0.2) is 0 Å². The van der Waals surface area contributed by atoms with Crippen molar-refractivity contribution in [2.45, 2.75) is 26.2 Å². The molecule has 0 aliphatic rings. The third kappa shape index (κ3) is 2.95. The summed E-state index contributed by atoms with van der Waals surface area (Å²) < 4.78 is 1.92. The Kier molecular flexibility index (Phi) is 3.71. The number of thiazole rings is 1. The van der Waals surface area contributed by atoms with Crippen molar-refractivity contribution in [2.24, 2.45) is 0 Å². The summed E-state index contributed by atoms with van der Waals surface area (Å²) >= 11 is 8.54. The molecule has 17 heavy (non-hydrogen) atoms. The summed E-state index contributed by atoms with van der Waals surface area (Å²) in [5.41, 5.74) is 2.08. The molecule has 0 unspecified atom stereocenters. The number of aromatic nitrogens is 2. The first-order valence-electron chi connectivity index (χ1n) is 5.15. The standard InChI is InChI=1S/C12H12Br2N2S/c1-12(2,3)9-6-17-11(16-9)10-8(14)4-7(13)5-15-10/h4-6H,1-3H3. The van der Waals surface area contributed by atoms with Crippen molar-refractivity contribution in [1.82, 2.24) is 9.97 Å². The zero-order chi connectivity index (χ0) is 12.6. The van der Waals surface area contributed by atoms with Crippen LogP contribution in [0, 0.1) is 0 Å². The van der Waals surface area contributed by atoms with Crippen LogP contribution in [-0.4, -0.2) is 9.97 Å². The van der Waals surface area contributed by atoms with Gasteiger partial charge in [0.05, 0.1) is 5.69 Å². The molecule has 0 aliphatic carbocycles. The maximum Gasteiger partial charge on any atom is 0.143 e. The quantitative estimate of drug-likeness (QED) is 0.698. The highest BCUT2D eigenvalue weighted by Gasteiger charge is 2.19. The predicted molar refractivity (Wildman–Crippen MR) is 79.4 cm³/mol. The summed E-state index contributed by atoms with van der Waals surface area (Å²) in [7, 11) is 0. The lowest BCUT2D eigenvalue weighted by molar-refractivity contribution is 0.573. The van der Waals surface area contributed by atoms with Gasteiger partial charge in [0.25, 0.3) is 0 Å². The molecule has 2 heterocycles. The Hall–Kier alpha value is -0.260. The second-order valence-electron chi connectivity index (χ2n) is 4.77. The van der Waals surface area contributed by atoms with Crippen LogP contribution in [0.1, 0.15) is 26.5 Å². The van der Waals surface area contributed by atoms with Crippen molar-refractivity contribution >= 4 is 43.2 Å². The molecule has 0 saturated carbocycles. The molecule has 0 amide bonds. The smallest absolute Gasteiger partial charge is 0.143 e. The van der Waals surface area contributed by atoms with Gasteiger partial charge in [-0.2, -0.15) is 0 Å². The minimum absolute atomic E-state index is 0.0800. The zero-order valence-electron chi connectivity index (χ0n) is 9.79. The van der Waals surface area contributed by atoms with E-state index in [-0.39, 0.29) is 5.41 Å². The van der Waals surface area contributed by atoms with Crippen molar-refractivity contribution in [3.05, 3.63) is 32.3 Å². The summed E-state index contributed by atoms with van der Waals surface area (Å²) in [6, 6.07) is 1.99. The average Bonchev–Trinajstić information content (AvgIpc) is 2.65. The van der Waals surface area contributed by atoms with Crippen molar-refractivity contribution in [3.63, 3.8) is 0 Å². The Morgan fingerprint density at radius 3 is 2.47 bits per heavy atom. The van der Waals surface area contributed by atoms with E-state index in [4.69, 9.17) is 0 Å². The Morgan fingerprint density at radius 2 is 1.94 bits per heavy atom. The Balaban J connectivity index is 2.44.